The summed E-state index contributed by atoms with van der Waals surface area (Å²) in [6.45, 7) is 11.0. The highest BCUT2D eigenvalue weighted by Gasteiger charge is 2.12. The number of nitrogens with zero attached hydrogens (tertiary/aromatic N) is 1. The fraction of sp³-hybridized carbons (Fsp3) is 0.579. The van der Waals surface area contributed by atoms with Crippen LogP contribution in [0.5, 0.6) is 0 Å². The van der Waals surface area contributed by atoms with Gasteiger partial charge in [-0.3, -0.25) is 0 Å². The zero-order valence-corrected chi connectivity index (χ0v) is 14.1. The van der Waals surface area contributed by atoms with Gasteiger partial charge in [0.1, 0.15) is 0 Å². The molecule has 116 valence electrons. The lowest BCUT2D eigenvalue weighted by molar-refractivity contribution is 0.415. The normalized spacial score (nSPS) is 12.2. The van der Waals surface area contributed by atoms with Crippen LogP contribution in [0.1, 0.15) is 59.1 Å². The highest BCUT2D eigenvalue weighted by molar-refractivity contribution is 5.81. The lowest BCUT2D eigenvalue weighted by Gasteiger charge is -2.21. The first-order valence-corrected chi connectivity index (χ1v) is 8.33. The molecule has 0 aliphatic carbocycles. The third-order valence-corrected chi connectivity index (χ3v) is 3.93. The molecule has 1 heterocycles. The number of rotatable bonds is 7. The summed E-state index contributed by atoms with van der Waals surface area (Å²) in [6, 6.07) is 11.1. The maximum absolute atomic E-state index is 3.62. The van der Waals surface area contributed by atoms with Gasteiger partial charge in [-0.1, -0.05) is 44.4 Å². The molecule has 0 amide bonds. The van der Waals surface area contributed by atoms with Crippen molar-refractivity contribution in [2.24, 2.45) is 0 Å². The van der Waals surface area contributed by atoms with Crippen molar-refractivity contribution in [1.82, 2.24) is 9.88 Å². The van der Waals surface area contributed by atoms with E-state index in [1.54, 1.807) is 0 Å². The minimum absolute atomic E-state index is 0.156. The molecule has 2 rings (SSSR count). The third kappa shape index (κ3) is 4.60. The van der Waals surface area contributed by atoms with Crippen LogP contribution in [-0.2, 0) is 13.1 Å². The van der Waals surface area contributed by atoms with Crippen LogP contribution < -0.4 is 5.32 Å². The van der Waals surface area contributed by atoms with Gasteiger partial charge in [-0.25, -0.2) is 0 Å². The van der Waals surface area contributed by atoms with E-state index in [4.69, 9.17) is 0 Å². The predicted octanol–water partition coefficient (Wildman–Crippen LogP) is 5.11. The van der Waals surface area contributed by atoms with Crippen LogP contribution in [0.15, 0.2) is 30.3 Å². The van der Waals surface area contributed by atoms with E-state index in [9.17, 15) is 0 Å². The van der Waals surface area contributed by atoms with Gasteiger partial charge in [0, 0.05) is 29.8 Å². The number of unbranched alkanes of at least 4 members (excludes halogenated alkanes) is 3. The standard InChI is InChI=1S/C19H30N2/c1-5-6-7-10-13-21-17(15-20-19(2,3)4)14-16-11-8-9-12-18(16)21/h8-9,11-12,14,20H,5-7,10,13,15H2,1-4H3. The first kappa shape index (κ1) is 16.1. The van der Waals surface area contributed by atoms with Crippen LogP contribution in [0.3, 0.4) is 0 Å². The van der Waals surface area contributed by atoms with Crippen molar-refractivity contribution in [3.8, 4) is 0 Å². The first-order valence-electron chi connectivity index (χ1n) is 8.33. The number of hydrogen-bond donors (Lipinski definition) is 1. The molecule has 0 atom stereocenters. The van der Waals surface area contributed by atoms with Crippen molar-refractivity contribution in [3.05, 3.63) is 36.0 Å². The molecule has 1 aromatic heterocycles. The highest BCUT2D eigenvalue weighted by atomic mass is 15.0. The summed E-state index contributed by atoms with van der Waals surface area (Å²) >= 11 is 0. The van der Waals surface area contributed by atoms with E-state index < -0.39 is 0 Å². The Morgan fingerprint density at radius 1 is 1.05 bits per heavy atom. The molecule has 0 saturated carbocycles. The van der Waals surface area contributed by atoms with Gasteiger partial charge >= 0.3 is 0 Å². The van der Waals surface area contributed by atoms with E-state index >= 15 is 0 Å². The molecule has 1 N–H and O–H groups in total. The number of benzene rings is 1. The Morgan fingerprint density at radius 3 is 2.52 bits per heavy atom. The Morgan fingerprint density at radius 2 is 1.81 bits per heavy atom. The SMILES string of the molecule is CCCCCCn1c(CNC(C)(C)C)cc2ccccc21. The van der Waals surface area contributed by atoms with Crippen molar-refractivity contribution in [3.63, 3.8) is 0 Å². The van der Waals surface area contributed by atoms with Crippen LogP contribution in [0.2, 0.25) is 0 Å². The Kier molecular flexibility index (Phi) is 5.46. The van der Waals surface area contributed by atoms with Gasteiger partial charge in [-0.2, -0.15) is 0 Å². The molecule has 0 spiro atoms. The number of nitrogens with one attached hydrogen (secondary N) is 1. The average molecular weight is 286 g/mol. The second-order valence-electron chi connectivity index (χ2n) is 7.01. The van der Waals surface area contributed by atoms with Crippen molar-refractivity contribution in [1.29, 1.82) is 0 Å². The fourth-order valence-corrected chi connectivity index (χ4v) is 2.73. The highest BCUT2D eigenvalue weighted by Crippen LogP contribution is 2.21. The van der Waals surface area contributed by atoms with Crippen molar-refractivity contribution >= 4 is 10.9 Å². The molecule has 2 nitrogen and oxygen atoms in total. The lowest BCUT2D eigenvalue weighted by Crippen LogP contribution is -2.35. The molecule has 0 aliphatic heterocycles. The smallest absolute Gasteiger partial charge is 0.0482 e. The van der Waals surface area contributed by atoms with Gasteiger partial charge in [-0.15, -0.1) is 0 Å². The van der Waals surface area contributed by atoms with Gasteiger partial charge in [0.2, 0.25) is 0 Å². The summed E-state index contributed by atoms with van der Waals surface area (Å²) in [5.74, 6) is 0. The predicted molar refractivity (Wildman–Crippen MR) is 92.7 cm³/mol. The molecular weight excluding hydrogens is 256 g/mol. The number of aryl methyl sites for hydroxylation is 1. The summed E-state index contributed by atoms with van der Waals surface area (Å²) in [5, 5.41) is 4.98. The minimum Gasteiger partial charge on any atom is -0.343 e. The van der Waals surface area contributed by atoms with Crippen LogP contribution in [0.25, 0.3) is 10.9 Å². The van der Waals surface area contributed by atoms with E-state index in [1.807, 2.05) is 0 Å². The number of fused-ring (bicyclic) bond motifs is 1. The van der Waals surface area contributed by atoms with Gasteiger partial charge in [0.15, 0.2) is 0 Å². The van der Waals surface area contributed by atoms with E-state index in [0.29, 0.717) is 0 Å². The van der Waals surface area contributed by atoms with Gasteiger partial charge in [0.25, 0.3) is 0 Å². The number of hydrogen-bond acceptors (Lipinski definition) is 1. The van der Waals surface area contributed by atoms with Crippen LogP contribution in [-0.4, -0.2) is 10.1 Å². The number of aromatic nitrogens is 1. The molecular formula is C19H30N2. The number of para-hydroxylation sites is 1. The molecule has 0 saturated heterocycles. The third-order valence-electron chi connectivity index (χ3n) is 3.93. The Hall–Kier alpha value is -1.28. The van der Waals surface area contributed by atoms with Crippen LogP contribution in [0.4, 0.5) is 0 Å². The molecule has 21 heavy (non-hydrogen) atoms. The molecule has 0 radical (unpaired) electrons. The van der Waals surface area contributed by atoms with Gasteiger partial charge in [-0.05, 0) is 44.7 Å². The molecule has 0 bridgehead atoms. The first-order chi connectivity index (χ1) is 10.0. The Balaban J connectivity index is 2.17. The van der Waals surface area contributed by atoms with E-state index in [1.165, 1.54) is 42.3 Å². The zero-order chi connectivity index (χ0) is 15.3. The molecule has 0 aliphatic rings. The van der Waals surface area contributed by atoms with E-state index in [2.05, 4.69) is 67.9 Å². The molecule has 1 aromatic carbocycles. The van der Waals surface area contributed by atoms with Gasteiger partial charge in [0.05, 0.1) is 0 Å². The summed E-state index contributed by atoms with van der Waals surface area (Å²) in [5.41, 5.74) is 2.94. The fourth-order valence-electron chi connectivity index (χ4n) is 2.73. The molecule has 2 aromatic rings. The van der Waals surface area contributed by atoms with E-state index in [0.717, 1.165) is 13.1 Å². The summed E-state index contributed by atoms with van der Waals surface area (Å²) in [6.07, 6.45) is 5.24. The maximum Gasteiger partial charge on any atom is 0.0482 e. The summed E-state index contributed by atoms with van der Waals surface area (Å²) in [4.78, 5) is 0. The summed E-state index contributed by atoms with van der Waals surface area (Å²) < 4.78 is 2.50. The quantitative estimate of drug-likeness (QED) is 0.700. The van der Waals surface area contributed by atoms with Crippen molar-refractivity contribution in [2.45, 2.75) is 72.0 Å². The van der Waals surface area contributed by atoms with Crippen LogP contribution >= 0.6 is 0 Å². The second kappa shape index (κ2) is 7.13. The lowest BCUT2D eigenvalue weighted by atomic mass is 10.1. The second-order valence-corrected chi connectivity index (χ2v) is 7.01. The largest absolute Gasteiger partial charge is 0.343 e. The molecule has 0 fully saturated rings. The Bertz CT molecular complexity index is 560. The monoisotopic (exact) mass is 286 g/mol. The average Bonchev–Trinajstić information content (AvgIpc) is 2.79. The molecule has 2 heteroatoms. The topological polar surface area (TPSA) is 17.0 Å². The zero-order valence-electron chi connectivity index (χ0n) is 14.1. The van der Waals surface area contributed by atoms with E-state index in [-0.39, 0.29) is 5.54 Å². The maximum atomic E-state index is 3.62. The minimum atomic E-state index is 0.156. The van der Waals surface area contributed by atoms with Crippen molar-refractivity contribution in [2.75, 3.05) is 0 Å². The Labute approximate surface area is 129 Å². The van der Waals surface area contributed by atoms with Gasteiger partial charge < -0.3 is 9.88 Å². The van der Waals surface area contributed by atoms with Crippen LogP contribution in [0, 0.1) is 0 Å². The summed E-state index contributed by atoms with van der Waals surface area (Å²) in [7, 11) is 0. The molecule has 0 unspecified atom stereocenters. The van der Waals surface area contributed by atoms with Crippen molar-refractivity contribution < 1.29 is 0 Å².